The van der Waals surface area contributed by atoms with Crippen LogP contribution in [0.3, 0.4) is 0 Å². The maximum absolute atomic E-state index is 12.8. The van der Waals surface area contributed by atoms with Gasteiger partial charge in [-0.3, -0.25) is 4.79 Å². The summed E-state index contributed by atoms with van der Waals surface area (Å²) in [4.78, 5) is 13.0. The van der Waals surface area contributed by atoms with Crippen LogP contribution in [0.5, 0.6) is 0 Å². The lowest BCUT2D eigenvalue weighted by atomic mass is 10.2. The van der Waals surface area contributed by atoms with Crippen LogP contribution >= 0.6 is 0 Å². The van der Waals surface area contributed by atoms with Crippen LogP contribution in [0.15, 0.2) is 59.5 Å². The number of nitrogens with one attached hydrogen (secondary N) is 1. The first kappa shape index (κ1) is 21.7. The fourth-order valence-corrected chi connectivity index (χ4v) is 4.78. The first-order valence-electron chi connectivity index (χ1n) is 9.82. The molecule has 1 amide bonds. The number of rotatable bonds is 7. The van der Waals surface area contributed by atoms with Gasteiger partial charge in [-0.2, -0.15) is 9.40 Å². The summed E-state index contributed by atoms with van der Waals surface area (Å²) >= 11 is 0. The number of nitrogens with zero attached hydrogens (tertiary/aromatic N) is 3. The molecule has 3 rings (SSSR count). The van der Waals surface area contributed by atoms with Gasteiger partial charge in [0.1, 0.15) is 0 Å². The second-order valence-corrected chi connectivity index (χ2v) is 8.86. The van der Waals surface area contributed by atoms with Crippen molar-refractivity contribution in [1.29, 1.82) is 0 Å². The van der Waals surface area contributed by atoms with Gasteiger partial charge in [0.15, 0.2) is 0 Å². The molecule has 1 aromatic heterocycles. The fraction of sp³-hybridized carbons (Fsp3) is 0.273. The predicted molar refractivity (Wildman–Crippen MR) is 118 cm³/mol. The molecule has 0 aliphatic rings. The lowest BCUT2D eigenvalue weighted by molar-refractivity contribution is 0.102. The SMILES string of the molecule is CCN(CC)S(=O)(=O)c1ccc(C(=O)Nc2ccccc2-n2nc(C)cc2C)cc1. The Morgan fingerprint density at radius 2 is 1.67 bits per heavy atom. The summed E-state index contributed by atoms with van der Waals surface area (Å²) in [6, 6.07) is 15.4. The molecule has 0 aliphatic heterocycles. The molecule has 2 aromatic carbocycles. The van der Waals surface area contributed by atoms with Gasteiger partial charge in [0, 0.05) is 24.3 Å². The van der Waals surface area contributed by atoms with E-state index >= 15 is 0 Å². The third-order valence-electron chi connectivity index (χ3n) is 4.85. The first-order chi connectivity index (χ1) is 14.3. The van der Waals surface area contributed by atoms with Crippen LogP contribution in [0, 0.1) is 13.8 Å². The summed E-state index contributed by atoms with van der Waals surface area (Å²) in [6.07, 6.45) is 0. The molecule has 0 bridgehead atoms. The van der Waals surface area contributed by atoms with Crippen molar-refractivity contribution in [3.8, 4) is 5.69 Å². The summed E-state index contributed by atoms with van der Waals surface area (Å²) in [7, 11) is -3.56. The summed E-state index contributed by atoms with van der Waals surface area (Å²) in [6.45, 7) is 8.24. The van der Waals surface area contributed by atoms with E-state index in [4.69, 9.17) is 0 Å². The Hall–Kier alpha value is -2.97. The van der Waals surface area contributed by atoms with Crippen LogP contribution in [0.4, 0.5) is 5.69 Å². The van der Waals surface area contributed by atoms with E-state index in [1.54, 1.807) is 18.5 Å². The number of sulfonamides is 1. The Morgan fingerprint density at radius 1 is 1.03 bits per heavy atom. The van der Waals surface area contributed by atoms with E-state index in [0.717, 1.165) is 17.1 Å². The fourth-order valence-electron chi connectivity index (χ4n) is 3.32. The number of aromatic nitrogens is 2. The molecule has 0 radical (unpaired) electrons. The van der Waals surface area contributed by atoms with Gasteiger partial charge in [-0.15, -0.1) is 0 Å². The average molecular weight is 427 g/mol. The Balaban J connectivity index is 1.85. The van der Waals surface area contributed by atoms with E-state index in [1.807, 2.05) is 44.2 Å². The van der Waals surface area contributed by atoms with E-state index in [9.17, 15) is 13.2 Å². The molecule has 0 spiro atoms. The predicted octanol–water partition coefficient (Wildman–Crippen LogP) is 3.77. The molecule has 1 heterocycles. The molecule has 0 aliphatic carbocycles. The average Bonchev–Trinajstić information content (AvgIpc) is 3.07. The topological polar surface area (TPSA) is 84.3 Å². The number of hydrogen-bond acceptors (Lipinski definition) is 4. The van der Waals surface area contributed by atoms with Gasteiger partial charge in [0.05, 0.1) is 22.0 Å². The highest BCUT2D eigenvalue weighted by Gasteiger charge is 2.22. The maximum Gasteiger partial charge on any atom is 0.255 e. The van der Waals surface area contributed by atoms with Crippen molar-refractivity contribution >= 4 is 21.6 Å². The summed E-state index contributed by atoms with van der Waals surface area (Å²) in [5.41, 5.74) is 3.60. The Labute approximate surface area is 177 Å². The number of carbonyl (C=O) groups is 1. The van der Waals surface area contributed by atoms with Crippen molar-refractivity contribution in [2.75, 3.05) is 18.4 Å². The standard InChI is InChI=1S/C22H26N4O3S/c1-5-25(6-2)30(28,29)19-13-11-18(12-14-19)22(27)23-20-9-7-8-10-21(20)26-17(4)15-16(3)24-26/h7-15H,5-6H2,1-4H3,(H,23,27). The molecule has 0 unspecified atom stereocenters. The number of carbonyl (C=O) groups excluding carboxylic acids is 1. The monoisotopic (exact) mass is 426 g/mol. The highest BCUT2D eigenvalue weighted by Crippen LogP contribution is 2.23. The van der Waals surface area contributed by atoms with Gasteiger partial charge >= 0.3 is 0 Å². The zero-order chi connectivity index (χ0) is 21.9. The van der Waals surface area contributed by atoms with Crippen LogP contribution in [-0.2, 0) is 10.0 Å². The number of aryl methyl sites for hydroxylation is 2. The molecule has 0 atom stereocenters. The van der Waals surface area contributed by atoms with Crippen LogP contribution in [-0.4, -0.2) is 41.5 Å². The van der Waals surface area contributed by atoms with Crippen molar-refractivity contribution < 1.29 is 13.2 Å². The van der Waals surface area contributed by atoms with Gasteiger partial charge < -0.3 is 5.32 Å². The van der Waals surface area contributed by atoms with Crippen LogP contribution in [0.1, 0.15) is 35.6 Å². The Bertz CT molecular complexity index is 1150. The molecule has 1 N–H and O–H groups in total. The summed E-state index contributed by atoms with van der Waals surface area (Å²) in [5.74, 6) is -0.323. The molecule has 0 fully saturated rings. The van der Waals surface area contributed by atoms with Crippen molar-refractivity contribution in [2.45, 2.75) is 32.6 Å². The second kappa shape index (κ2) is 8.81. The van der Waals surface area contributed by atoms with Crippen LogP contribution < -0.4 is 5.32 Å². The largest absolute Gasteiger partial charge is 0.320 e. The van der Waals surface area contributed by atoms with Crippen molar-refractivity contribution in [3.05, 3.63) is 71.5 Å². The minimum atomic E-state index is -3.56. The zero-order valence-corrected chi connectivity index (χ0v) is 18.4. The summed E-state index contributed by atoms with van der Waals surface area (Å²) in [5, 5.41) is 7.39. The van der Waals surface area contributed by atoms with E-state index in [2.05, 4.69) is 10.4 Å². The number of hydrogen-bond donors (Lipinski definition) is 1. The number of anilines is 1. The van der Waals surface area contributed by atoms with Gasteiger partial charge in [0.25, 0.3) is 5.91 Å². The highest BCUT2D eigenvalue weighted by atomic mass is 32.2. The van der Waals surface area contributed by atoms with Crippen molar-refractivity contribution in [3.63, 3.8) is 0 Å². The normalized spacial score (nSPS) is 11.6. The van der Waals surface area contributed by atoms with E-state index in [1.165, 1.54) is 28.6 Å². The molecule has 0 saturated heterocycles. The molecule has 158 valence electrons. The number of benzene rings is 2. The highest BCUT2D eigenvalue weighted by molar-refractivity contribution is 7.89. The van der Waals surface area contributed by atoms with Crippen molar-refractivity contribution in [2.24, 2.45) is 0 Å². The lowest BCUT2D eigenvalue weighted by Crippen LogP contribution is -2.30. The molecule has 0 saturated carbocycles. The van der Waals surface area contributed by atoms with Gasteiger partial charge in [-0.1, -0.05) is 26.0 Å². The molecular formula is C22H26N4O3S. The molecular weight excluding hydrogens is 400 g/mol. The van der Waals surface area contributed by atoms with Gasteiger partial charge in [-0.25, -0.2) is 13.1 Å². The van der Waals surface area contributed by atoms with Crippen molar-refractivity contribution in [1.82, 2.24) is 14.1 Å². The van der Waals surface area contributed by atoms with Crippen LogP contribution in [0.25, 0.3) is 5.69 Å². The van der Waals surface area contributed by atoms with E-state index < -0.39 is 10.0 Å². The van der Waals surface area contributed by atoms with Gasteiger partial charge in [0.2, 0.25) is 10.0 Å². The quantitative estimate of drug-likeness (QED) is 0.623. The molecule has 30 heavy (non-hydrogen) atoms. The van der Waals surface area contributed by atoms with E-state index in [-0.39, 0.29) is 10.8 Å². The minimum absolute atomic E-state index is 0.172. The molecule has 7 nitrogen and oxygen atoms in total. The smallest absolute Gasteiger partial charge is 0.255 e. The zero-order valence-electron chi connectivity index (χ0n) is 17.6. The Kier molecular flexibility index (Phi) is 6.38. The van der Waals surface area contributed by atoms with Gasteiger partial charge in [-0.05, 0) is 56.3 Å². The van der Waals surface area contributed by atoms with E-state index in [0.29, 0.717) is 24.3 Å². The lowest BCUT2D eigenvalue weighted by Gasteiger charge is -2.18. The Morgan fingerprint density at radius 3 is 2.23 bits per heavy atom. The molecule has 3 aromatic rings. The number of para-hydroxylation sites is 2. The molecule has 8 heteroatoms. The summed E-state index contributed by atoms with van der Waals surface area (Å²) < 4.78 is 28.4. The second-order valence-electron chi connectivity index (χ2n) is 6.92. The number of amides is 1. The third kappa shape index (κ3) is 4.29. The maximum atomic E-state index is 12.8. The first-order valence-corrected chi connectivity index (χ1v) is 11.3. The third-order valence-corrected chi connectivity index (χ3v) is 6.91. The van der Waals surface area contributed by atoms with Crippen LogP contribution in [0.2, 0.25) is 0 Å². The minimum Gasteiger partial charge on any atom is -0.320 e.